The van der Waals surface area contributed by atoms with Crippen LogP contribution in [0.1, 0.15) is 29.3 Å². The highest BCUT2D eigenvalue weighted by Gasteiger charge is 2.29. The Hall–Kier alpha value is -2.99. The van der Waals surface area contributed by atoms with Gasteiger partial charge in [0.25, 0.3) is 0 Å². The third-order valence-electron chi connectivity index (χ3n) is 5.72. The summed E-state index contributed by atoms with van der Waals surface area (Å²) in [7, 11) is 4.94. The molecule has 30 heavy (non-hydrogen) atoms. The van der Waals surface area contributed by atoms with Gasteiger partial charge in [-0.3, -0.25) is 4.90 Å². The number of halogens is 1. The topological polar surface area (TPSA) is 35.9 Å². The van der Waals surface area contributed by atoms with Crippen LogP contribution in [-0.2, 0) is 13.1 Å². The molecule has 158 valence electrons. The van der Waals surface area contributed by atoms with Crippen molar-refractivity contribution < 1.29 is 18.6 Å². The van der Waals surface area contributed by atoms with Gasteiger partial charge < -0.3 is 18.8 Å². The summed E-state index contributed by atoms with van der Waals surface area (Å²) in [5.74, 6) is 1.91. The minimum Gasteiger partial charge on any atom is -0.496 e. The number of methoxy groups -OCH3 is 3. The second-order valence-corrected chi connectivity index (χ2v) is 7.42. The second kappa shape index (κ2) is 8.79. The summed E-state index contributed by atoms with van der Waals surface area (Å²) in [5, 5.41) is 0. The smallest absolute Gasteiger partial charge is 0.130 e. The highest BCUT2D eigenvalue weighted by Crippen LogP contribution is 2.39. The molecule has 0 saturated carbocycles. The van der Waals surface area contributed by atoms with Gasteiger partial charge in [-0.05, 0) is 36.2 Å². The Morgan fingerprint density at radius 2 is 1.63 bits per heavy atom. The van der Waals surface area contributed by atoms with E-state index in [1.165, 1.54) is 17.8 Å². The van der Waals surface area contributed by atoms with E-state index in [1.807, 2.05) is 24.3 Å². The van der Waals surface area contributed by atoms with E-state index in [1.54, 1.807) is 21.3 Å². The molecule has 6 heteroatoms. The van der Waals surface area contributed by atoms with Crippen LogP contribution in [0.4, 0.5) is 4.39 Å². The zero-order valence-electron chi connectivity index (χ0n) is 17.6. The lowest BCUT2D eigenvalue weighted by molar-refractivity contribution is 0.213. The van der Waals surface area contributed by atoms with Gasteiger partial charge in [-0.15, -0.1) is 0 Å². The molecule has 1 aliphatic rings. The van der Waals surface area contributed by atoms with Crippen molar-refractivity contribution in [1.82, 2.24) is 9.47 Å². The van der Waals surface area contributed by atoms with Crippen molar-refractivity contribution in [3.63, 3.8) is 0 Å². The molecule has 2 heterocycles. The van der Waals surface area contributed by atoms with Crippen LogP contribution in [0.15, 0.2) is 54.7 Å². The quantitative estimate of drug-likeness (QED) is 0.593. The predicted molar refractivity (Wildman–Crippen MR) is 114 cm³/mol. The van der Waals surface area contributed by atoms with Gasteiger partial charge in [0, 0.05) is 43.7 Å². The van der Waals surface area contributed by atoms with Crippen molar-refractivity contribution in [1.29, 1.82) is 0 Å². The van der Waals surface area contributed by atoms with Gasteiger partial charge >= 0.3 is 0 Å². The van der Waals surface area contributed by atoms with E-state index >= 15 is 0 Å². The molecule has 0 fully saturated rings. The first-order valence-electron chi connectivity index (χ1n) is 10.1. The van der Waals surface area contributed by atoms with Crippen molar-refractivity contribution in [2.24, 2.45) is 0 Å². The molecule has 0 N–H and O–H groups in total. The summed E-state index contributed by atoms with van der Waals surface area (Å²) in [6.07, 6.45) is 3.13. The number of nitrogens with zero attached hydrogens (tertiary/aromatic N) is 2. The van der Waals surface area contributed by atoms with Crippen LogP contribution in [0.2, 0.25) is 0 Å². The molecular formula is C24H27FN2O3. The standard InChI is InChI=1S/C24H27FN2O3/c1-28-19-14-22(29-2)20(23(15-19)30-3)16-27-13-5-12-26-11-4-6-21(26)24(27)17-7-9-18(25)10-8-17/h4,6-11,14-15,24H,5,12-13,16H2,1-3H3/t24-/m1/s1. The summed E-state index contributed by atoms with van der Waals surface area (Å²) < 4.78 is 32.6. The molecule has 0 unspecified atom stereocenters. The third-order valence-corrected chi connectivity index (χ3v) is 5.72. The van der Waals surface area contributed by atoms with Crippen molar-refractivity contribution in [3.8, 4) is 17.2 Å². The maximum atomic E-state index is 13.6. The summed E-state index contributed by atoms with van der Waals surface area (Å²) in [6, 6.07) is 14.8. The Balaban J connectivity index is 1.78. The maximum Gasteiger partial charge on any atom is 0.130 e. The summed E-state index contributed by atoms with van der Waals surface area (Å²) in [4.78, 5) is 2.40. The average molecular weight is 410 g/mol. The fourth-order valence-corrected chi connectivity index (χ4v) is 4.27. The molecule has 5 nitrogen and oxygen atoms in total. The first kappa shape index (κ1) is 20.3. The Morgan fingerprint density at radius 3 is 2.27 bits per heavy atom. The zero-order valence-corrected chi connectivity index (χ0v) is 17.6. The van der Waals surface area contributed by atoms with Gasteiger partial charge in [-0.1, -0.05) is 12.1 Å². The average Bonchev–Trinajstić information content (AvgIpc) is 3.16. The van der Waals surface area contributed by atoms with Gasteiger partial charge in [0.2, 0.25) is 0 Å². The first-order valence-corrected chi connectivity index (χ1v) is 10.1. The number of hydrogen-bond acceptors (Lipinski definition) is 4. The third kappa shape index (κ3) is 3.87. The summed E-state index contributed by atoms with van der Waals surface area (Å²) in [5.41, 5.74) is 3.23. The fraction of sp³-hybridized carbons (Fsp3) is 0.333. The number of fused-ring (bicyclic) bond motifs is 1. The summed E-state index contributed by atoms with van der Waals surface area (Å²) >= 11 is 0. The Labute approximate surface area is 176 Å². The van der Waals surface area contributed by atoms with E-state index in [0.29, 0.717) is 12.3 Å². The lowest BCUT2D eigenvalue weighted by atomic mass is 10.0. The number of benzene rings is 2. The van der Waals surface area contributed by atoms with Crippen LogP contribution in [0.3, 0.4) is 0 Å². The normalized spacial score (nSPS) is 16.6. The molecule has 0 amide bonds. The molecule has 0 spiro atoms. The van der Waals surface area contributed by atoms with E-state index < -0.39 is 0 Å². The first-order chi connectivity index (χ1) is 14.6. The van der Waals surface area contributed by atoms with Crippen molar-refractivity contribution in [3.05, 3.63) is 77.4 Å². The van der Waals surface area contributed by atoms with E-state index in [-0.39, 0.29) is 11.9 Å². The Bertz CT molecular complexity index is 975. The number of aromatic nitrogens is 1. The molecule has 0 bridgehead atoms. The molecule has 1 atom stereocenters. The van der Waals surface area contributed by atoms with Crippen molar-refractivity contribution in [2.75, 3.05) is 27.9 Å². The van der Waals surface area contributed by atoms with Gasteiger partial charge in [0.05, 0.1) is 32.9 Å². The molecule has 3 aromatic rings. The van der Waals surface area contributed by atoms with Crippen LogP contribution < -0.4 is 14.2 Å². The van der Waals surface area contributed by atoms with Crippen LogP contribution >= 0.6 is 0 Å². The Kier molecular flexibility index (Phi) is 5.95. The Morgan fingerprint density at radius 1 is 0.933 bits per heavy atom. The summed E-state index contributed by atoms with van der Waals surface area (Å²) in [6.45, 7) is 2.47. The largest absolute Gasteiger partial charge is 0.496 e. The van der Waals surface area contributed by atoms with Crippen LogP contribution in [0.5, 0.6) is 17.2 Å². The number of hydrogen-bond donors (Lipinski definition) is 0. The van der Waals surface area contributed by atoms with Gasteiger partial charge in [0.15, 0.2) is 0 Å². The van der Waals surface area contributed by atoms with E-state index in [0.717, 1.165) is 42.1 Å². The van der Waals surface area contributed by atoms with Gasteiger partial charge in [-0.2, -0.15) is 0 Å². The number of aryl methyl sites for hydroxylation is 1. The van der Waals surface area contributed by atoms with Gasteiger partial charge in [-0.25, -0.2) is 4.39 Å². The molecule has 1 aromatic heterocycles. The lowest BCUT2D eigenvalue weighted by Crippen LogP contribution is -2.30. The number of rotatable bonds is 6. The highest BCUT2D eigenvalue weighted by atomic mass is 19.1. The van der Waals surface area contributed by atoms with E-state index in [9.17, 15) is 4.39 Å². The van der Waals surface area contributed by atoms with Crippen molar-refractivity contribution in [2.45, 2.75) is 25.6 Å². The fourth-order valence-electron chi connectivity index (χ4n) is 4.27. The van der Waals surface area contributed by atoms with Crippen LogP contribution in [-0.4, -0.2) is 37.3 Å². The molecule has 0 radical (unpaired) electrons. The molecule has 1 aliphatic heterocycles. The molecule has 4 rings (SSSR count). The maximum absolute atomic E-state index is 13.6. The van der Waals surface area contributed by atoms with Crippen LogP contribution in [0, 0.1) is 5.82 Å². The number of ether oxygens (including phenoxy) is 3. The molecule has 0 aliphatic carbocycles. The molecule has 2 aromatic carbocycles. The minimum absolute atomic E-state index is 0.000357. The molecule has 0 saturated heterocycles. The van der Waals surface area contributed by atoms with E-state index in [2.05, 4.69) is 27.8 Å². The minimum atomic E-state index is -0.229. The van der Waals surface area contributed by atoms with Crippen molar-refractivity contribution >= 4 is 0 Å². The highest BCUT2D eigenvalue weighted by molar-refractivity contribution is 5.51. The van der Waals surface area contributed by atoms with Crippen LogP contribution in [0.25, 0.3) is 0 Å². The SMILES string of the molecule is COc1cc(OC)c(CN2CCCn3cccc3[C@H]2c2ccc(F)cc2)c(OC)c1. The second-order valence-electron chi connectivity index (χ2n) is 7.42. The zero-order chi connectivity index (χ0) is 21.1. The van der Waals surface area contributed by atoms with E-state index in [4.69, 9.17) is 14.2 Å². The predicted octanol–water partition coefficient (Wildman–Crippen LogP) is 4.65. The van der Waals surface area contributed by atoms with Gasteiger partial charge in [0.1, 0.15) is 23.1 Å². The lowest BCUT2D eigenvalue weighted by Gasteiger charge is -2.31. The molecular weight excluding hydrogens is 383 g/mol. The monoisotopic (exact) mass is 410 g/mol.